The van der Waals surface area contributed by atoms with Gasteiger partial charge in [-0.3, -0.25) is 4.79 Å². The Morgan fingerprint density at radius 1 is 1.50 bits per heavy atom. The molecule has 18 heavy (non-hydrogen) atoms. The second-order valence-electron chi connectivity index (χ2n) is 4.21. The molecule has 0 aliphatic rings. The number of thiocarbonyl (C=S) groups is 1. The standard InChI is InChI=1S/C13H19N3OS/c1-9-8-10(4-5-11(9)13(14)18)16(3)7-6-12(17)15-2/h4-5,8H,6-7H2,1-3H3,(H2,14,18)(H,15,17). The van der Waals surface area contributed by atoms with Crippen LogP contribution in [0.15, 0.2) is 18.2 Å². The first-order valence-corrected chi connectivity index (χ1v) is 6.18. The molecule has 0 heterocycles. The van der Waals surface area contributed by atoms with Crippen LogP contribution in [0.4, 0.5) is 5.69 Å². The Bertz CT molecular complexity index is 460. The number of carbonyl (C=O) groups is 1. The van der Waals surface area contributed by atoms with E-state index in [0.717, 1.165) is 16.8 Å². The van der Waals surface area contributed by atoms with Gasteiger partial charge in [0.1, 0.15) is 4.99 Å². The van der Waals surface area contributed by atoms with Gasteiger partial charge in [-0.1, -0.05) is 12.2 Å². The van der Waals surface area contributed by atoms with Crippen LogP contribution in [0.25, 0.3) is 0 Å². The minimum absolute atomic E-state index is 0.0401. The van der Waals surface area contributed by atoms with Crippen LogP contribution >= 0.6 is 12.2 Å². The zero-order valence-electron chi connectivity index (χ0n) is 11.0. The van der Waals surface area contributed by atoms with Crippen molar-refractivity contribution in [1.82, 2.24) is 5.32 Å². The molecule has 0 aliphatic heterocycles. The summed E-state index contributed by atoms with van der Waals surface area (Å²) in [6.07, 6.45) is 0.475. The van der Waals surface area contributed by atoms with Crippen molar-refractivity contribution in [2.24, 2.45) is 5.73 Å². The Labute approximate surface area is 113 Å². The summed E-state index contributed by atoms with van der Waals surface area (Å²) in [6, 6.07) is 5.91. The van der Waals surface area contributed by atoms with Crippen molar-refractivity contribution in [3.05, 3.63) is 29.3 Å². The number of amides is 1. The highest BCUT2D eigenvalue weighted by molar-refractivity contribution is 7.80. The molecule has 0 saturated carbocycles. The highest BCUT2D eigenvalue weighted by atomic mass is 32.1. The summed E-state index contributed by atoms with van der Waals surface area (Å²) in [5, 5.41) is 2.61. The summed E-state index contributed by atoms with van der Waals surface area (Å²) in [7, 11) is 3.60. The van der Waals surface area contributed by atoms with Gasteiger partial charge in [-0.25, -0.2) is 0 Å². The van der Waals surface area contributed by atoms with E-state index >= 15 is 0 Å². The SMILES string of the molecule is CNC(=O)CCN(C)c1ccc(C(N)=S)c(C)c1. The van der Waals surface area contributed by atoms with E-state index in [9.17, 15) is 4.79 Å². The molecule has 1 amide bonds. The Kier molecular flexibility index (Phi) is 5.09. The first-order valence-electron chi connectivity index (χ1n) is 5.78. The van der Waals surface area contributed by atoms with Crippen molar-refractivity contribution in [1.29, 1.82) is 0 Å². The van der Waals surface area contributed by atoms with Crippen LogP contribution in [0, 0.1) is 6.92 Å². The van der Waals surface area contributed by atoms with Crippen LogP contribution in [-0.4, -0.2) is 31.5 Å². The van der Waals surface area contributed by atoms with Crippen molar-refractivity contribution in [2.45, 2.75) is 13.3 Å². The van der Waals surface area contributed by atoms with E-state index in [0.29, 0.717) is 18.0 Å². The van der Waals surface area contributed by atoms with E-state index in [1.54, 1.807) is 7.05 Å². The third-order valence-corrected chi connectivity index (χ3v) is 3.09. The molecule has 0 spiro atoms. The zero-order chi connectivity index (χ0) is 13.7. The quantitative estimate of drug-likeness (QED) is 0.786. The first kappa shape index (κ1) is 14.4. The lowest BCUT2D eigenvalue weighted by atomic mass is 10.1. The van der Waals surface area contributed by atoms with E-state index in [4.69, 9.17) is 18.0 Å². The van der Waals surface area contributed by atoms with E-state index in [1.807, 2.05) is 37.1 Å². The lowest BCUT2D eigenvalue weighted by Crippen LogP contribution is -2.26. The largest absolute Gasteiger partial charge is 0.389 e. The van der Waals surface area contributed by atoms with Gasteiger partial charge in [-0.15, -0.1) is 0 Å². The fourth-order valence-corrected chi connectivity index (χ4v) is 1.91. The molecular weight excluding hydrogens is 246 g/mol. The number of aryl methyl sites for hydroxylation is 1. The summed E-state index contributed by atoms with van der Waals surface area (Å²) >= 11 is 4.97. The average Bonchev–Trinajstić information content (AvgIpc) is 2.34. The minimum Gasteiger partial charge on any atom is -0.389 e. The van der Waals surface area contributed by atoms with Crippen LogP contribution < -0.4 is 16.0 Å². The van der Waals surface area contributed by atoms with Gasteiger partial charge in [0.2, 0.25) is 5.91 Å². The molecule has 0 aliphatic carbocycles. The van der Waals surface area contributed by atoms with E-state index < -0.39 is 0 Å². The van der Waals surface area contributed by atoms with E-state index in [2.05, 4.69) is 5.32 Å². The Morgan fingerprint density at radius 3 is 2.67 bits per heavy atom. The highest BCUT2D eigenvalue weighted by Gasteiger charge is 2.07. The highest BCUT2D eigenvalue weighted by Crippen LogP contribution is 2.18. The number of nitrogens with two attached hydrogens (primary N) is 1. The van der Waals surface area contributed by atoms with Crippen molar-refractivity contribution in [2.75, 3.05) is 25.5 Å². The van der Waals surface area contributed by atoms with Gasteiger partial charge in [0.25, 0.3) is 0 Å². The van der Waals surface area contributed by atoms with Gasteiger partial charge in [-0.05, 0) is 30.7 Å². The van der Waals surface area contributed by atoms with Crippen LogP contribution in [0.5, 0.6) is 0 Å². The minimum atomic E-state index is 0.0401. The van der Waals surface area contributed by atoms with Crippen molar-refractivity contribution >= 4 is 28.8 Å². The maximum absolute atomic E-state index is 11.2. The molecule has 1 aromatic rings. The molecule has 0 bridgehead atoms. The average molecular weight is 265 g/mol. The van der Waals surface area contributed by atoms with Gasteiger partial charge < -0.3 is 16.0 Å². The molecule has 4 nitrogen and oxygen atoms in total. The van der Waals surface area contributed by atoms with Crippen LogP contribution in [0.1, 0.15) is 17.5 Å². The lowest BCUT2D eigenvalue weighted by Gasteiger charge is -2.20. The van der Waals surface area contributed by atoms with Gasteiger partial charge in [0.15, 0.2) is 0 Å². The molecule has 98 valence electrons. The molecule has 0 unspecified atom stereocenters. The number of nitrogens with zero attached hydrogens (tertiary/aromatic N) is 1. The molecular formula is C13H19N3OS. The second kappa shape index (κ2) is 6.35. The molecule has 5 heteroatoms. The van der Waals surface area contributed by atoms with Gasteiger partial charge in [-0.2, -0.15) is 0 Å². The first-order chi connectivity index (χ1) is 8.45. The molecule has 0 aromatic heterocycles. The zero-order valence-corrected chi connectivity index (χ0v) is 11.8. The number of anilines is 1. The molecule has 0 radical (unpaired) electrons. The molecule has 0 saturated heterocycles. The summed E-state index contributed by atoms with van der Waals surface area (Å²) in [5.74, 6) is 0.0401. The predicted molar refractivity (Wildman–Crippen MR) is 79.0 cm³/mol. The van der Waals surface area contributed by atoms with Gasteiger partial charge in [0, 0.05) is 38.3 Å². The summed E-state index contributed by atoms with van der Waals surface area (Å²) < 4.78 is 0. The summed E-state index contributed by atoms with van der Waals surface area (Å²) in [6.45, 7) is 2.65. The Morgan fingerprint density at radius 2 is 2.17 bits per heavy atom. The second-order valence-corrected chi connectivity index (χ2v) is 4.65. The third-order valence-electron chi connectivity index (χ3n) is 2.87. The van der Waals surface area contributed by atoms with Crippen molar-refractivity contribution in [3.63, 3.8) is 0 Å². The summed E-state index contributed by atoms with van der Waals surface area (Å²) in [5.41, 5.74) is 8.62. The lowest BCUT2D eigenvalue weighted by molar-refractivity contribution is -0.120. The van der Waals surface area contributed by atoms with E-state index in [-0.39, 0.29) is 5.91 Å². The Balaban J connectivity index is 2.75. The monoisotopic (exact) mass is 265 g/mol. The molecule has 1 aromatic carbocycles. The number of benzene rings is 1. The Hall–Kier alpha value is -1.62. The topological polar surface area (TPSA) is 58.4 Å². The third kappa shape index (κ3) is 3.70. The maximum atomic E-state index is 11.2. The number of nitrogens with one attached hydrogen (secondary N) is 1. The van der Waals surface area contributed by atoms with Gasteiger partial charge >= 0.3 is 0 Å². The number of hydrogen-bond acceptors (Lipinski definition) is 3. The van der Waals surface area contributed by atoms with Crippen molar-refractivity contribution < 1.29 is 4.79 Å². The number of hydrogen-bond donors (Lipinski definition) is 2. The molecule has 0 atom stereocenters. The van der Waals surface area contributed by atoms with Crippen LogP contribution in [0.3, 0.4) is 0 Å². The number of carbonyl (C=O) groups excluding carboxylic acids is 1. The fourth-order valence-electron chi connectivity index (χ4n) is 1.69. The smallest absolute Gasteiger partial charge is 0.221 e. The molecule has 0 fully saturated rings. The molecule has 1 rings (SSSR count). The van der Waals surface area contributed by atoms with E-state index in [1.165, 1.54) is 0 Å². The fraction of sp³-hybridized carbons (Fsp3) is 0.385. The normalized spacial score (nSPS) is 9.94. The predicted octanol–water partition coefficient (Wildman–Crippen LogP) is 1.20. The number of rotatable bonds is 5. The van der Waals surface area contributed by atoms with Crippen molar-refractivity contribution in [3.8, 4) is 0 Å². The van der Waals surface area contributed by atoms with Crippen LogP contribution in [-0.2, 0) is 4.79 Å². The van der Waals surface area contributed by atoms with Gasteiger partial charge in [0.05, 0.1) is 0 Å². The van der Waals surface area contributed by atoms with Crippen LogP contribution in [0.2, 0.25) is 0 Å². The molecule has 3 N–H and O–H groups in total. The maximum Gasteiger partial charge on any atom is 0.221 e. The summed E-state index contributed by atoms with van der Waals surface area (Å²) in [4.78, 5) is 13.6.